The Labute approximate surface area is 117 Å². The third kappa shape index (κ3) is 3.06. The van der Waals surface area contributed by atoms with Crippen LogP contribution in [0.3, 0.4) is 0 Å². The largest absolute Gasteiger partial charge is 0.507 e. The highest BCUT2D eigenvalue weighted by molar-refractivity contribution is 5.88. The number of hydrogen-bond donors (Lipinski definition) is 2. The number of rotatable bonds is 3. The van der Waals surface area contributed by atoms with E-state index in [1.807, 2.05) is 44.2 Å². The van der Waals surface area contributed by atoms with Crippen molar-refractivity contribution in [1.29, 1.82) is 0 Å². The van der Waals surface area contributed by atoms with E-state index in [4.69, 9.17) is 5.11 Å². The molecule has 3 heteroatoms. The topological polar surface area (TPSA) is 57.5 Å². The molecule has 2 aromatic rings. The van der Waals surface area contributed by atoms with Crippen LogP contribution in [0, 0.1) is 13.8 Å². The predicted octanol–water partition coefficient (Wildman–Crippen LogP) is 3.88. The summed E-state index contributed by atoms with van der Waals surface area (Å²) < 4.78 is 0. The van der Waals surface area contributed by atoms with Gasteiger partial charge in [-0.2, -0.15) is 0 Å². The van der Waals surface area contributed by atoms with E-state index in [9.17, 15) is 9.90 Å². The van der Waals surface area contributed by atoms with Gasteiger partial charge in [0.1, 0.15) is 5.75 Å². The Morgan fingerprint density at radius 1 is 1.00 bits per heavy atom. The van der Waals surface area contributed by atoms with E-state index in [0.717, 1.165) is 22.3 Å². The molecule has 2 aromatic carbocycles. The molecule has 0 saturated heterocycles. The Balaban J connectivity index is 2.30. The first-order valence-corrected chi connectivity index (χ1v) is 6.29. The molecule has 102 valence electrons. The summed E-state index contributed by atoms with van der Waals surface area (Å²) in [5.41, 5.74) is 3.71. The van der Waals surface area contributed by atoms with Crippen LogP contribution in [0.1, 0.15) is 32.6 Å². The average Bonchev–Trinajstić information content (AvgIpc) is 2.42. The van der Waals surface area contributed by atoms with Gasteiger partial charge in [-0.3, -0.25) is 0 Å². The third-order valence-electron chi connectivity index (χ3n) is 3.12. The molecule has 0 bridgehead atoms. The van der Waals surface area contributed by atoms with Crippen LogP contribution in [0.4, 0.5) is 0 Å². The van der Waals surface area contributed by atoms with E-state index in [2.05, 4.69) is 0 Å². The first-order valence-electron chi connectivity index (χ1n) is 6.29. The summed E-state index contributed by atoms with van der Waals surface area (Å²) in [5, 5.41) is 18.7. The zero-order valence-electron chi connectivity index (χ0n) is 11.4. The third-order valence-corrected chi connectivity index (χ3v) is 3.12. The van der Waals surface area contributed by atoms with Crippen molar-refractivity contribution in [3.05, 3.63) is 64.2 Å². The smallest absolute Gasteiger partial charge is 0.335 e. The van der Waals surface area contributed by atoms with Crippen LogP contribution in [0.15, 0.2) is 36.4 Å². The van der Waals surface area contributed by atoms with E-state index >= 15 is 0 Å². The number of aromatic carboxylic acids is 1. The lowest BCUT2D eigenvalue weighted by molar-refractivity contribution is 0.0697. The highest BCUT2D eigenvalue weighted by Crippen LogP contribution is 2.24. The molecule has 2 N–H and O–H groups in total. The van der Waals surface area contributed by atoms with Crippen molar-refractivity contribution in [2.75, 3.05) is 0 Å². The van der Waals surface area contributed by atoms with Gasteiger partial charge in [-0.25, -0.2) is 4.79 Å². The summed E-state index contributed by atoms with van der Waals surface area (Å²) in [6.07, 6.45) is 3.76. The normalized spacial score (nSPS) is 10.9. The van der Waals surface area contributed by atoms with Crippen LogP contribution in [-0.2, 0) is 0 Å². The fourth-order valence-corrected chi connectivity index (χ4v) is 2.05. The summed E-state index contributed by atoms with van der Waals surface area (Å²) in [6.45, 7) is 3.70. The van der Waals surface area contributed by atoms with E-state index in [1.54, 1.807) is 18.2 Å². The van der Waals surface area contributed by atoms with Crippen molar-refractivity contribution in [3.63, 3.8) is 0 Å². The second-order valence-electron chi connectivity index (χ2n) is 4.77. The van der Waals surface area contributed by atoms with E-state index in [1.165, 1.54) is 0 Å². The molecule has 3 nitrogen and oxygen atoms in total. The molecule has 0 fully saturated rings. The zero-order chi connectivity index (χ0) is 14.7. The fourth-order valence-electron chi connectivity index (χ4n) is 2.05. The number of hydrogen-bond acceptors (Lipinski definition) is 2. The lowest BCUT2D eigenvalue weighted by Gasteiger charge is -2.04. The second-order valence-corrected chi connectivity index (χ2v) is 4.77. The quantitative estimate of drug-likeness (QED) is 0.830. The molecular formula is C17H16O3. The highest BCUT2D eigenvalue weighted by atomic mass is 16.4. The first kappa shape index (κ1) is 13.9. The summed E-state index contributed by atoms with van der Waals surface area (Å²) in [6, 6.07) is 10.5. The number of carboxylic acid groups (broad SMARTS) is 1. The molecule has 0 spiro atoms. The predicted molar refractivity (Wildman–Crippen MR) is 79.9 cm³/mol. The van der Waals surface area contributed by atoms with Gasteiger partial charge in [0.25, 0.3) is 0 Å². The second kappa shape index (κ2) is 5.61. The summed E-state index contributed by atoms with van der Waals surface area (Å²) in [7, 11) is 0. The molecule has 2 rings (SSSR count). The number of carbonyl (C=O) groups is 1. The molecule has 0 aliphatic carbocycles. The van der Waals surface area contributed by atoms with Crippen LogP contribution < -0.4 is 0 Å². The van der Waals surface area contributed by atoms with Gasteiger partial charge >= 0.3 is 5.97 Å². The number of phenolic OH excluding ortho intramolecular Hbond substituents is 1. The highest BCUT2D eigenvalue weighted by Gasteiger charge is 2.03. The maximum Gasteiger partial charge on any atom is 0.335 e. The minimum Gasteiger partial charge on any atom is -0.507 e. The van der Waals surface area contributed by atoms with Crippen molar-refractivity contribution < 1.29 is 15.0 Å². The maximum absolute atomic E-state index is 10.9. The SMILES string of the molecule is Cc1cc(/C=C/c2cccc(C(=O)O)c2)cc(C)c1O. The lowest BCUT2D eigenvalue weighted by Crippen LogP contribution is -1.95. The van der Waals surface area contributed by atoms with Gasteiger partial charge in [0.2, 0.25) is 0 Å². The molecule has 0 aromatic heterocycles. The minimum atomic E-state index is -0.934. The van der Waals surface area contributed by atoms with Crippen molar-refractivity contribution in [1.82, 2.24) is 0 Å². The van der Waals surface area contributed by atoms with Crippen LogP contribution in [-0.4, -0.2) is 16.2 Å². The van der Waals surface area contributed by atoms with Gasteiger partial charge in [0.15, 0.2) is 0 Å². The molecule has 0 amide bonds. The van der Waals surface area contributed by atoms with E-state index in [-0.39, 0.29) is 5.56 Å². The van der Waals surface area contributed by atoms with Gasteiger partial charge in [-0.1, -0.05) is 24.3 Å². The summed E-state index contributed by atoms with van der Waals surface area (Å²) in [5.74, 6) is -0.619. The molecule has 0 saturated carbocycles. The Morgan fingerprint density at radius 3 is 2.20 bits per heavy atom. The van der Waals surface area contributed by atoms with Gasteiger partial charge in [0, 0.05) is 0 Å². The Bertz CT molecular complexity index is 661. The molecule has 0 atom stereocenters. The van der Waals surface area contributed by atoms with Crippen molar-refractivity contribution in [2.45, 2.75) is 13.8 Å². The Kier molecular flexibility index (Phi) is 3.89. The standard InChI is InChI=1S/C17H16O3/c1-11-8-14(9-12(2)16(11)18)7-6-13-4-3-5-15(10-13)17(19)20/h3-10,18H,1-2H3,(H,19,20)/b7-6+. The molecule has 0 aliphatic heterocycles. The first-order chi connectivity index (χ1) is 9.47. The molecule has 0 unspecified atom stereocenters. The fraction of sp³-hybridized carbons (Fsp3) is 0.118. The van der Waals surface area contributed by atoms with Crippen molar-refractivity contribution in [3.8, 4) is 5.75 Å². The molecule has 0 heterocycles. The van der Waals surface area contributed by atoms with Crippen LogP contribution in [0.25, 0.3) is 12.2 Å². The molecular weight excluding hydrogens is 252 g/mol. The Morgan fingerprint density at radius 2 is 1.60 bits per heavy atom. The summed E-state index contributed by atoms with van der Waals surface area (Å²) >= 11 is 0. The van der Waals surface area contributed by atoms with E-state index in [0.29, 0.717) is 5.75 Å². The molecule has 0 radical (unpaired) electrons. The maximum atomic E-state index is 10.9. The van der Waals surface area contributed by atoms with Crippen LogP contribution in [0.2, 0.25) is 0 Å². The van der Waals surface area contributed by atoms with Gasteiger partial charge in [-0.05, 0) is 60.4 Å². The summed E-state index contributed by atoms with van der Waals surface area (Å²) in [4.78, 5) is 10.9. The Hall–Kier alpha value is -2.55. The van der Waals surface area contributed by atoms with Crippen molar-refractivity contribution in [2.24, 2.45) is 0 Å². The van der Waals surface area contributed by atoms with E-state index < -0.39 is 5.97 Å². The van der Waals surface area contributed by atoms with Gasteiger partial charge in [-0.15, -0.1) is 0 Å². The number of carboxylic acids is 1. The zero-order valence-corrected chi connectivity index (χ0v) is 11.4. The van der Waals surface area contributed by atoms with Gasteiger partial charge in [0.05, 0.1) is 5.56 Å². The monoisotopic (exact) mass is 268 g/mol. The molecule has 0 aliphatic rings. The lowest BCUT2D eigenvalue weighted by atomic mass is 10.0. The van der Waals surface area contributed by atoms with Crippen LogP contribution >= 0.6 is 0 Å². The van der Waals surface area contributed by atoms with Crippen LogP contribution in [0.5, 0.6) is 5.75 Å². The molecule has 20 heavy (non-hydrogen) atoms. The van der Waals surface area contributed by atoms with Gasteiger partial charge < -0.3 is 10.2 Å². The average molecular weight is 268 g/mol. The van der Waals surface area contributed by atoms with Crippen molar-refractivity contribution >= 4 is 18.1 Å². The number of aromatic hydroxyl groups is 1. The number of benzene rings is 2. The number of phenols is 1. The number of aryl methyl sites for hydroxylation is 2. The minimum absolute atomic E-state index is 0.269.